The Bertz CT molecular complexity index is 1060. The van der Waals surface area contributed by atoms with E-state index >= 15 is 0 Å². The Hall–Kier alpha value is -3.56. The van der Waals surface area contributed by atoms with Crippen molar-refractivity contribution < 1.29 is 9.59 Å². The van der Waals surface area contributed by atoms with E-state index in [9.17, 15) is 19.2 Å². The second-order valence-electron chi connectivity index (χ2n) is 7.94. The maximum Gasteiger partial charge on any atom is 0.330 e. The van der Waals surface area contributed by atoms with E-state index < -0.39 is 23.2 Å². The first-order chi connectivity index (χ1) is 15.4. The highest BCUT2D eigenvalue weighted by molar-refractivity contribution is 5.96. The van der Waals surface area contributed by atoms with Gasteiger partial charge in [-0.1, -0.05) is 49.6 Å². The summed E-state index contributed by atoms with van der Waals surface area (Å²) in [4.78, 5) is 53.2. The van der Waals surface area contributed by atoms with Crippen LogP contribution in [0.5, 0.6) is 0 Å². The number of urea groups is 1. The SMILES string of the molecule is CCN(CC(=O)NC(=O)NC1CCCCC1)c1c(N)n(Cc2ccccc2)c(=O)[nH]c1=O. The van der Waals surface area contributed by atoms with Crippen LogP contribution in [-0.2, 0) is 11.3 Å². The number of nitrogens with two attached hydrogens (primary N) is 1. The molecular formula is C22H30N6O4. The molecule has 172 valence electrons. The van der Waals surface area contributed by atoms with E-state index in [2.05, 4.69) is 15.6 Å². The highest BCUT2D eigenvalue weighted by Gasteiger charge is 2.22. The van der Waals surface area contributed by atoms with E-state index in [0.717, 1.165) is 37.7 Å². The van der Waals surface area contributed by atoms with Crippen molar-refractivity contribution in [2.75, 3.05) is 23.7 Å². The number of nitrogens with zero attached hydrogens (tertiary/aromatic N) is 2. The first kappa shape index (κ1) is 23.1. The lowest BCUT2D eigenvalue weighted by molar-refractivity contribution is -0.118. The van der Waals surface area contributed by atoms with Crippen LogP contribution in [0, 0.1) is 0 Å². The number of nitrogens with one attached hydrogen (secondary N) is 3. The lowest BCUT2D eigenvalue weighted by Crippen LogP contribution is -2.49. The van der Waals surface area contributed by atoms with Gasteiger partial charge in [0.1, 0.15) is 11.5 Å². The Labute approximate surface area is 185 Å². The quantitative estimate of drug-likeness (QED) is 0.507. The van der Waals surface area contributed by atoms with Crippen molar-refractivity contribution in [1.82, 2.24) is 20.2 Å². The number of H-pyrrole nitrogens is 1. The number of aromatic nitrogens is 2. The average Bonchev–Trinajstić information content (AvgIpc) is 2.77. The van der Waals surface area contributed by atoms with Gasteiger partial charge in [0.25, 0.3) is 5.56 Å². The van der Waals surface area contributed by atoms with Gasteiger partial charge in [-0.05, 0) is 25.3 Å². The maximum absolute atomic E-state index is 12.5. The third kappa shape index (κ3) is 5.77. The number of amides is 3. The maximum atomic E-state index is 12.5. The summed E-state index contributed by atoms with van der Waals surface area (Å²) in [7, 11) is 0. The highest BCUT2D eigenvalue weighted by atomic mass is 16.2. The normalized spacial score (nSPS) is 14.0. The predicted molar refractivity (Wildman–Crippen MR) is 123 cm³/mol. The number of likely N-dealkylation sites (N-methyl/N-ethyl adjacent to an activating group) is 1. The van der Waals surface area contributed by atoms with Gasteiger partial charge in [0.15, 0.2) is 0 Å². The largest absolute Gasteiger partial charge is 0.383 e. The standard InChI is InChI=1S/C22H30N6O4/c1-2-27(14-17(29)25-21(31)24-16-11-7-4-8-12-16)18-19(23)28(22(32)26-20(18)30)13-15-9-5-3-6-10-15/h3,5-6,9-10,16H,2,4,7-8,11-14,23H2,1H3,(H,26,30,32)(H2,24,25,29,31). The third-order valence-corrected chi connectivity index (χ3v) is 5.62. The lowest BCUT2D eigenvalue weighted by atomic mass is 9.96. The van der Waals surface area contributed by atoms with Crippen LogP contribution in [0.2, 0.25) is 0 Å². The molecule has 1 heterocycles. The van der Waals surface area contributed by atoms with Crippen molar-refractivity contribution in [2.45, 2.75) is 51.6 Å². The molecule has 10 heteroatoms. The number of carbonyl (C=O) groups excluding carboxylic acids is 2. The van der Waals surface area contributed by atoms with Crippen LogP contribution in [-0.4, -0.2) is 40.6 Å². The Balaban J connectivity index is 1.73. The van der Waals surface area contributed by atoms with Crippen molar-refractivity contribution in [3.8, 4) is 0 Å². The van der Waals surface area contributed by atoms with Crippen molar-refractivity contribution in [3.05, 3.63) is 56.7 Å². The van der Waals surface area contributed by atoms with E-state index in [4.69, 9.17) is 5.73 Å². The van der Waals surface area contributed by atoms with Crippen molar-refractivity contribution in [3.63, 3.8) is 0 Å². The third-order valence-electron chi connectivity index (χ3n) is 5.62. The summed E-state index contributed by atoms with van der Waals surface area (Å²) in [5, 5.41) is 5.13. The summed E-state index contributed by atoms with van der Waals surface area (Å²) >= 11 is 0. The Morgan fingerprint density at radius 2 is 1.84 bits per heavy atom. The molecule has 0 unspecified atom stereocenters. The number of aromatic amines is 1. The molecule has 3 amide bonds. The molecule has 0 bridgehead atoms. The number of hydrogen-bond donors (Lipinski definition) is 4. The van der Waals surface area contributed by atoms with Gasteiger partial charge in [-0.15, -0.1) is 0 Å². The minimum absolute atomic E-state index is 0.0193. The van der Waals surface area contributed by atoms with Gasteiger partial charge in [0.05, 0.1) is 13.1 Å². The van der Waals surface area contributed by atoms with Crippen LogP contribution in [0.4, 0.5) is 16.3 Å². The monoisotopic (exact) mass is 442 g/mol. The molecule has 32 heavy (non-hydrogen) atoms. The topological polar surface area (TPSA) is 142 Å². The summed E-state index contributed by atoms with van der Waals surface area (Å²) in [6.45, 7) is 1.93. The first-order valence-electron chi connectivity index (χ1n) is 10.9. The van der Waals surface area contributed by atoms with Crippen molar-refractivity contribution >= 4 is 23.4 Å². The van der Waals surface area contributed by atoms with Crippen LogP contribution in [0.15, 0.2) is 39.9 Å². The molecule has 3 rings (SSSR count). The van der Waals surface area contributed by atoms with Crippen LogP contribution in [0.3, 0.4) is 0 Å². The number of rotatable bonds is 7. The molecule has 0 aliphatic heterocycles. The molecule has 0 atom stereocenters. The molecule has 1 fully saturated rings. The average molecular weight is 443 g/mol. The molecule has 1 aliphatic rings. The van der Waals surface area contributed by atoms with E-state index in [1.54, 1.807) is 6.92 Å². The summed E-state index contributed by atoms with van der Waals surface area (Å²) in [5.41, 5.74) is 5.74. The van der Waals surface area contributed by atoms with Crippen LogP contribution in [0.1, 0.15) is 44.6 Å². The zero-order chi connectivity index (χ0) is 23.1. The second-order valence-corrected chi connectivity index (χ2v) is 7.94. The van der Waals surface area contributed by atoms with Crippen LogP contribution < -0.4 is 32.5 Å². The van der Waals surface area contributed by atoms with Gasteiger partial charge in [-0.2, -0.15) is 0 Å². The number of benzene rings is 1. The molecule has 1 aromatic heterocycles. The number of imide groups is 1. The van der Waals surface area contributed by atoms with E-state index in [1.165, 1.54) is 9.47 Å². The van der Waals surface area contributed by atoms with Gasteiger partial charge in [0.2, 0.25) is 5.91 Å². The van der Waals surface area contributed by atoms with E-state index in [1.807, 2.05) is 30.3 Å². The molecule has 0 saturated heterocycles. The molecule has 2 aromatic rings. The number of anilines is 2. The fraction of sp³-hybridized carbons (Fsp3) is 0.455. The number of hydrogen-bond acceptors (Lipinski definition) is 6. The first-order valence-corrected chi connectivity index (χ1v) is 10.9. The Morgan fingerprint density at radius 3 is 2.50 bits per heavy atom. The van der Waals surface area contributed by atoms with Crippen LogP contribution in [0.25, 0.3) is 0 Å². The Morgan fingerprint density at radius 1 is 1.16 bits per heavy atom. The minimum atomic E-state index is -0.682. The molecule has 0 radical (unpaired) electrons. The van der Waals surface area contributed by atoms with Gasteiger partial charge in [-0.3, -0.25) is 24.5 Å². The van der Waals surface area contributed by atoms with Crippen LogP contribution >= 0.6 is 0 Å². The molecule has 1 aliphatic carbocycles. The number of carbonyl (C=O) groups is 2. The summed E-state index contributed by atoms with van der Waals surface area (Å²) < 4.78 is 1.25. The summed E-state index contributed by atoms with van der Waals surface area (Å²) in [6.07, 6.45) is 5.08. The molecule has 10 nitrogen and oxygen atoms in total. The predicted octanol–water partition coefficient (Wildman–Crippen LogP) is 1.15. The fourth-order valence-corrected chi connectivity index (χ4v) is 3.96. The fourth-order valence-electron chi connectivity index (χ4n) is 3.96. The van der Waals surface area contributed by atoms with E-state index in [-0.39, 0.29) is 37.2 Å². The highest BCUT2D eigenvalue weighted by Crippen LogP contribution is 2.18. The van der Waals surface area contributed by atoms with Gasteiger partial charge in [0, 0.05) is 12.6 Å². The van der Waals surface area contributed by atoms with Gasteiger partial charge in [-0.25, -0.2) is 9.59 Å². The smallest absolute Gasteiger partial charge is 0.330 e. The molecule has 0 spiro atoms. The molecule has 1 saturated carbocycles. The lowest BCUT2D eigenvalue weighted by Gasteiger charge is -2.25. The minimum Gasteiger partial charge on any atom is -0.383 e. The summed E-state index contributed by atoms with van der Waals surface area (Å²) in [6, 6.07) is 8.73. The molecular weight excluding hydrogens is 412 g/mol. The van der Waals surface area contributed by atoms with Crippen molar-refractivity contribution in [2.24, 2.45) is 0 Å². The van der Waals surface area contributed by atoms with E-state index in [0.29, 0.717) is 0 Å². The van der Waals surface area contributed by atoms with Crippen molar-refractivity contribution in [1.29, 1.82) is 0 Å². The summed E-state index contributed by atoms with van der Waals surface area (Å²) in [5.74, 6) is -0.608. The molecule has 1 aromatic carbocycles. The van der Waals surface area contributed by atoms with Gasteiger partial charge >= 0.3 is 11.7 Å². The molecule has 5 N–H and O–H groups in total. The van der Waals surface area contributed by atoms with Gasteiger partial charge < -0.3 is 16.0 Å². The second kappa shape index (κ2) is 10.7. The Kier molecular flexibility index (Phi) is 7.69. The zero-order valence-corrected chi connectivity index (χ0v) is 18.2. The number of nitrogen functional groups attached to an aromatic ring is 1. The zero-order valence-electron chi connectivity index (χ0n) is 18.2.